The molecule has 5 heteroatoms. The predicted octanol–water partition coefficient (Wildman–Crippen LogP) is 3.13. The van der Waals surface area contributed by atoms with Crippen molar-refractivity contribution < 1.29 is 4.79 Å². The summed E-state index contributed by atoms with van der Waals surface area (Å²) in [7, 11) is 1.79. The van der Waals surface area contributed by atoms with Crippen LogP contribution in [0.2, 0.25) is 0 Å². The zero-order valence-electron chi connectivity index (χ0n) is 14.2. The first kappa shape index (κ1) is 16.4. The number of amides is 1. The fraction of sp³-hybridized carbons (Fsp3) is 0.421. The average Bonchev–Trinajstić information content (AvgIpc) is 2.91. The first-order chi connectivity index (χ1) is 11.7. The van der Waals surface area contributed by atoms with Gasteiger partial charge >= 0.3 is 0 Å². The van der Waals surface area contributed by atoms with Gasteiger partial charge < -0.3 is 9.80 Å². The van der Waals surface area contributed by atoms with E-state index >= 15 is 0 Å². The lowest BCUT2D eigenvalue weighted by Gasteiger charge is -2.21. The minimum atomic E-state index is -0.103. The van der Waals surface area contributed by atoms with Gasteiger partial charge in [0.05, 0.1) is 12.4 Å². The van der Waals surface area contributed by atoms with Crippen molar-refractivity contribution in [1.82, 2.24) is 14.9 Å². The lowest BCUT2D eigenvalue weighted by atomic mass is 10.2. The van der Waals surface area contributed by atoms with Crippen molar-refractivity contribution in [1.29, 1.82) is 0 Å². The molecule has 0 spiro atoms. The number of carbonyl (C=O) groups excluding carboxylic acids is 1. The molecule has 1 aliphatic heterocycles. The van der Waals surface area contributed by atoms with Crippen LogP contribution in [0.3, 0.4) is 0 Å². The smallest absolute Gasteiger partial charge is 0.274 e. The Morgan fingerprint density at radius 3 is 2.38 bits per heavy atom. The maximum atomic E-state index is 12.5. The van der Waals surface area contributed by atoms with Gasteiger partial charge in [-0.25, -0.2) is 9.97 Å². The molecule has 0 bridgehead atoms. The number of rotatable bonds is 4. The molecule has 0 saturated carbocycles. The van der Waals surface area contributed by atoms with Gasteiger partial charge in [-0.1, -0.05) is 43.2 Å². The van der Waals surface area contributed by atoms with Crippen LogP contribution >= 0.6 is 0 Å². The molecule has 1 aromatic heterocycles. The van der Waals surface area contributed by atoms with Crippen molar-refractivity contribution in [3.05, 3.63) is 54.0 Å². The molecule has 5 nitrogen and oxygen atoms in total. The number of anilines is 1. The number of hydrogen-bond acceptors (Lipinski definition) is 4. The van der Waals surface area contributed by atoms with Gasteiger partial charge in [-0.05, 0) is 18.4 Å². The quantitative estimate of drug-likeness (QED) is 0.867. The third-order valence-corrected chi connectivity index (χ3v) is 4.40. The minimum Gasteiger partial charge on any atom is -0.355 e. The largest absolute Gasteiger partial charge is 0.355 e. The summed E-state index contributed by atoms with van der Waals surface area (Å²) in [6.45, 7) is 2.61. The van der Waals surface area contributed by atoms with Crippen LogP contribution in [0.4, 0.5) is 5.82 Å². The maximum Gasteiger partial charge on any atom is 0.274 e. The first-order valence-corrected chi connectivity index (χ1v) is 8.60. The number of nitrogens with zero attached hydrogens (tertiary/aromatic N) is 4. The number of carbonyl (C=O) groups is 1. The molecule has 1 saturated heterocycles. The monoisotopic (exact) mass is 324 g/mol. The Labute approximate surface area is 143 Å². The van der Waals surface area contributed by atoms with E-state index in [2.05, 4.69) is 14.9 Å². The summed E-state index contributed by atoms with van der Waals surface area (Å²) in [5, 5.41) is 0. The Bertz CT molecular complexity index is 649. The first-order valence-electron chi connectivity index (χ1n) is 8.60. The second-order valence-corrected chi connectivity index (χ2v) is 6.31. The fourth-order valence-corrected chi connectivity index (χ4v) is 3.02. The van der Waals surface area contributed by atoms with Crippen LogP contribution in [0.5, 0.6) is 0 Å². The van der Waals surface area contributed by atoms with Gasteiger partial charge in [0.1, 0.15) is 11.5 Å². The van der Waals surface area contributed by atoms with E-state index in [4.69, 9.17) is 0 Å². The van der Waals surface area contributed by atoms with E-state index in [1.807, 2.05) is 30.3 Å². The lowest BCUT2D eigenvalue weighted by Crippen LogP contribution is -2.28. The summed E-state index contributed by atoms with van der Waals surface area (Å²) in [5.74, 6) is 0.771. The molecule has 2 heterocycles. The minimum absolute atomic E-state index is 0.103. The van der Waals surface area contributed by atoms with E-state index in [0.717, 1.165) is 24.5 Å². The Morgan fingerprint density at radius 2 is 1.75 bits per heavy atom. The van der Waals surface area contributed by atoms with E-state index in [1.54, 1.807) is 24.3 Å². The van der Waals surface area contributed by atoms with E-state index in [9.17, 15) is 4.79 Å². The van der Waals surface area contributed by atoms with Crippen LogP contribution in [0.1, 0.15) is 41.7 Å². The summed E-state index contributed by atoms with van der Waals surface area (Å²) >= 11 is 0. The summed E-state index contributed by atoms with van der Waals surface area (Å²) < 4.78 is 0. The highest BCUT2D eigenvalue weighted by atomic mass is 16.2. The molecule has 0 aliphatic carbocycles. The number of hydrogen-bond donors (Lipinski definition) is 0. The Balaban J connectivity index is 1.64. The van der Waals surface area contributed by atoms with Gasteiger partial charge in [0.25, 0.3) is 5.91 Å². The van der Waals surface area contributed by atoms with Crippen LogP contribution in [-0.4, -0.2) is 40.9 Å². The summed E-state index contributed by atoms with van der Waals surface area (Å²) in [6, 6.07) is 9.95. The average molecular weight is 324 g/mol. The second kappa shape index (κ2) is 7.90. The van der Waals surface area contributed by atoms with Gasteiger partial charge in [-0.3, -0.25) is 4.79 Å². The standard InChI is InChI=1S/C19H24N4O/c1-22(15-16-9-5-4-6-10-16)19(24)17-13-21-18(14-20-17)23-11-7-2-3-8-12-23/h4-6,9-10,13-14H,2-3,7-8,11-12,15H2,1H3. The SMILES string of the molecule is CN(Cc1ccccc1)C(=O)c1cnc(N2CCCCCC2)cn1. The highest BCUT2D eigenvalue weighted by Crippen LogP contribution is 2.16. The molecule has 0 N–H and O–H groups in total. The molecule has 24 heavy (non-hydrogen) atoms. The lowest BCUT2D eigenvalue weighted by molar-refractivity contribution is 0.0779. The third kappa shape index (κ3) is 4.10. The molecule has 126 valence electrons. The molecule has 0 radical (unpaired) electrons. The van der Waals surface area contributed by atoms with Gasteiger partial charge in [0, 0.05) is 26.7 Å². The molecule has 2 aromatic rings. The van der Waals surface area contributed by atoms with E-state index in [1.165, 1.54) is 25.7 Å². The van der Waals surface area contributed by atoms with Crippen LogP contribution in [-0.2, 0) is 6.54 Å². The van der Waals surface area contributed by atoms with E-state index < -0.39 is 0 Å². The normalized spacial score (nSPS) is 15.0. The Kier molecular flexibility index (Phi) is 5.41. The zero-order valence-corrected chi connectivity index (χ0v) is 14.2. The van der Waals surface area contributed by atoms with Crippen LogP contribution in [0.25, 0.3) is 0 Å². The van der Waals surface area contributed by atoms with Crippen molar-refractivity contribution in [2.75, 3.05) is 25.0 Å². The van der Waals surface area contributed by atoms with Crippen molar-refractivity contribution in [2.45, 2.75) is 32.2 Å². The summed E-state index contributed by atoms with van der Waals surface area (Å²) in [5.41, 5.74) is 1.49. The van der Waals surface area contributed by atoms with Crippen molar-refractivity contribution in [3.8, 4) is 0 Å². The molecule has 1 fully saturated rings. The second-order valence-electron chi connectivity index (χ2n) is 6.31. The van der Waals surface area contributed by atoms with Gasteiger partial charge in [-0.2, -0.15) is 0 Å². The number of benzene rings is 1. The van der Waals surface area contributed by atoms with Crippen LogP contribution < -0.4 is 4.90 Å². The van der Waals surface area contributed by atoms with Crippen molar-refractivity contribution in [2.24, 2.45) is 0 Å². The van der Waals surface area contributed by atoms with Crippen LogP contribution in [0, 0.1) is 0 Å². The molecular weight excluding hydrogens is 300 g/mol. The van der Waals surface area contributed by atoms with E-state index in [0.29, 0.717) is 12.2 Å². The molecular formula is C19H24N4O. The Morgan fingerprint density at radius 1 is 1.04 bits per heavy atom. The Hall–Kier alpha value is -2.43. The van der Waals surface area contributed by atoms with Gasteiger partial charge in [0.15, 0.2) is 0 Å². The molecule has 1 aliphatic rings. The highest BCUT2D eigenvalue weighted by Gasteiger charge is 2.16. The van der Waals surface area contributed by atoms with Crippen molar-refractivity contribution in [3.63, 3.8) is 0 Å². The molecule has 0 atom stereocenters. The predicted molar refractivity (Wildman–Crippen MR) is 95.0 cm³/mol. The van der Waals surface area contributed by atoms with Gasteiger partial charge in [-0.15, -0.1) is 0 Å². The summed E-state index contributed by atoms with van der Waals surface area (Å²) in [4.78, 5) is 25.3. The third-order valence-electron chi connectivity index (χ3n) is 4.40. The molecule has 0 unspecified atom stereocenters. The summed E-state index contributed by atoms with van der Waals surface area (Å²) in [6.07, 6.45) is 8.29. The maximum absolute atomic E-state index is 12.5. The zero-order chi connectivity index (χ0) is 16.8. The topological polar surface area (TPSA) is 49.3 Å². The van der Waals surface area contributed by atoms with Gasteiger partial charge in [0.2, 0.25) is 0 Å². The van der Waals surface area contributed by atoms with E-state index in [-0.39, 0.29) is 5.91 Å². The molecule has 1 amide bonds. The number of aromatic nitrogens is 2. The van der Waals surface area contributed by atoms with Crippen molar-refractivity contribution >= 4 is 11.7 Å². The molecule has 3 rings (SSSR count). The highest BCUT2D eigenvalue weighted by molar-refractivity contribution is 5.91. The fourth-order valence-electron chi connectivity index (χ4n) is 3.02. The molecule has 1 aromatic carbocycles. The van der Waals surface area contributed by atoms with Crippen LogP contribution in [0.15, 0.2) is 42.7 Å².